The van der Waals surface area contributed by atoms with Crippen LogP contribution in [-0.2, 0) is 35.1 Å². The number of ether oxygens (including phenoxy) is 4. The van der Waals surface area contributed by atoms with Crippen molar-refractivity contribution >= 4 is 23.9 Å². The minimum atomic E-state index is -1.03. The molecule has 2 unspecified atom stereocenters. The van der Waals surface area contributed by atoms with E-state index in [1.807, 2.05) is 55.4 Å². The Bertz CT molecular complexity index is 1030. The molecule has 226 valence electrons. The molecule has 0 heterocycles. The second-order valence-electron chi connectivity index (χ2n) is 13.3. The van der Waals surface area contributed by atoms with Crippen LogP contribution in [-0.4, -0.2) is 42.1 Å². The number of nitrogens with two attached hydrogens (primary N) is 1. The van der Waals surface area contributed by atoms with E-state index in [4.69, 9.17) is 24.7 Å². The molecule has 0 aromatic heterocycles. The van der Waals surface area contributed by atoms with Crippen molar-refractivity contribution < 1.29 is 38.1 Å². The number of carbonyl (C=O) groups excluding carboxylic acids is 4. The maximum atomic E-state index is 12.7. The molecule has 0 amide bonds. The van der Waals surface area contributed by atoms with E-state index in [2.05, 4.69) is 0 Å². The first-order chi connectivity index (χ1) is 18.2. The molecule has 0 bridgehead atoms. The van der Waals surface area contributed by atoms with Gasteiger partial charge in [-0.15, -0.1) is 0 Å². The van der Waals surface area contributed by atoms with Gasteiger partial charge in [-0.05, 0) is 54.7 Å². The van der Waals surface area contributed by atoms with Crippen LogP contribution < -0.4 is 15.2 Å². The molecule has 4 atom stereocenters. The summed E-state index contributed by atoms with van der Waals surface area (Å²) in [5, 5.41) is 0. The lowest BCUT2D eigenvalue weighted by Gasteiger charge is -2.24. The monoisotopic (exact) mass is 563 g/mol. The molecule has 0 aliphatic rings. The van der Waals surface area contributed by atoms with Gasteiger partial charge < -0.3 is 24.7 Å². The summed E-state index contributed by atoms with van der Waals surface area (Å²) in [6.07, 6.45) is -0.969. The van der Waals surface area contributed by atoms with Crippen LogP contribution in [0.15, 0.2) is 18.2 Å². The predicted octanol–water partition coefficient (Wildman–Crippen LogP) is 5.40. The zero-order valence-corrected chi connectivity index (χ0v) is 26.1. The quantitative estimate of drug-likeness (QED) is 0.262. The second kappa shape index (κ2) is 14.6. The number of carbonyl (C=O) groups is 4. The molecule has 0 aliphatic heterocycles. The van der Waals surface area contributed by atoms with Crippen molar-refractivity contribution in [3.05, 3.63) is 23.8 Å². The summed E-state index contributed by atoms with van der Waals surface area (Å²) in [5.74, 6) is -1.94. The van der Waals surface area contributed by atoms with Gasteiger partial charge in [-0.1, -0.05) is 68.4 Å². The summed E-state index contributed by atoms with van der Waals surface area (Å²) >= 11 is 0. The molecule has 0 aliphatic carbocycles. The van der Waals surface area contributed by atoms with Crippen LogP contribution in [0.3, 0.4) is 0 Å². The first-order valence-electron chi connectivity index (χ1n) is 13.9. The van der Waals surface area contributed by atoms with E-state index in [9.17, 15) is 19.2 Å². The fraction of sp³-hybridized carbons (Fsp3) is 0.677. The van der Waals surface area contributed by atoms with Gasteiger partial charge in [0, 0.05) is 0 Å². The lowest BCUT2D eigenvalue weighted by molar-refractivity contribution is -0.169. The Hall–Kier alpha value is -2.94. The molecule has 1 aromatic carbocycles. The fourth-order valence-corrected chi connectivity index (χ4v) is 3.39. The second-order valence-corrected chi connectivity index (χ2v) is 13.3. The number of hydrogen-bond acceptors (Lipinski definition) is 9. The van der Waals surface area contributed by atoms with E-state index >= 15 is 0 Å². The summed E-state index contributed by atoms with van der Waals surface area (Å²) in [5.41, 5.74) is 6.12. The first kappa shape index (κ1) is 35.1. The lowest BCUT2D eigenvalue weighted by Crippen LogP contribution is -2.40. The van der Waals surface area contributed by atoms with Crippen LogP contribution in [0.2, 0.25) is 0 Å². The highest BCUT2D eigenvalue weighted by Gasteiger charge is 2.28. The minimum Gasteiger partial charge on any atom is -0.459 e. The molecule has 1 aromatic rings. The summed E-state index contributed by atoms with van der Waals surface area (Å²) in [7, 11) is 0. The van der Waals surface area contributed by atoms with E-state index in [-0.39, 0.29) is 59.4 Å². The number of benzene rings is 1. The van der Waals surface area contributed by atoms with Gasteiger partial charge in [0.15, 0.2) is 11.5 Å². The highest BCUT2D eigenvalue weighted by atomic mass is 16.6. The average molecular weight is 564 g/mol. The summed E-state index contributed by atoms with van der Waals surface area (Å²) in [6.45, 7) is 20.4. The van der Waals surface area contributed by atoms with Crippen molar-refractivity contribution in [1.82, 2.24) is 0 Å². The third-order valence-electron chi connectivity index (χ3n) is 6.20. The van der Waals surface area contributed by atoms with Crippen molar-refractivity contribution in [3.8, 4) is 11.5 Å². The summed E-state index contributed by atoms with van der Waals surface area (Å²) in [4.78, 5) is 50.0. The zero-order chi connectivity index (χ0) is 31.0. The Morgan fingerprint density at radius 1 is 0.725 bits per heavy atom. The van der Waals surface area contributed by atoms with Gasteiger partial charge in [-0.3, -0.25) is 19.2 Å². The van der Waals surface area contributed by atoms with Crippen molar-refractivity contribution in [1.29, 1.82) is 0 Å². The molecule has 40 heavy (non-hydrogen) atoms. The van der Waals surface area contributed by atoms with E-state index in [0.29, 0.717) is 5.56 Å². The first-order valence-corrected chi connectivity index (χ1v) is 13.9. The lowest BCUT2D eigenvalue weighted by atomic mass is 9.92. The molecule has 9 heteroatoms. The van der Waals surface area contributed by atoms with Crippen molar-refractivity contribution in [2.24, 2.45) is 28.4 Å². The molecule has 2 N–H and O–H groups in total. The van der Waals surface area contributed by atoms with Gasteiger partial charge in [0.1, 0.15) is 18.2 Å². The molecule has 9 nitrogen and oxygen atoms in total. The third-order valence-corrected chi connectivity index (χ3v) is 6.20. The molecule has 0 radical (unpaired) electrons. The Morgan fingerprint density at radius 2 is 1.18 bits per heavy atom. The van der Waals surface area contributed by atoms with Gasteiger partial charge in [0.05, 0.1) is 18.8 Å². The average Bonchev–Trinajstić information content (AvgIpc) is 2.77. The van der Waals surface area contributed by atoms with Crippen molar-refractivity contribution in [2.75, 3.05) is 0 Å². The summed E-state index contributed by atoms with van der Waals surface area (Å²) < 4.78 is 22.0. The van der Waals surface area contributed by atoms with Gasteiger partial charge >= 0.3 is 23.9 Å². The topological polar surface area (TPSA) is 131 Å². The highest BCUT2D eigenvalue weighted by Crippen LogP contribution is 2.32. The van der Waals surface area contributed by atoms with Gasteiger partial charge in [0.2, 0.25) is 0 Å². The fourth-order valence-electron chi connectivity index (χ4n) is 3.39. The van der Waals surface area contributed by atoms with Crippen LogP contribution in [0.5, 0.6) is 11.5 Å². The Balaban J connectivity index is 2.99. The predicted molar refractivity (Wildman–Crippen MR) is 153 cm³/mol. The van der Waals surface area contributed by atoms with Gasteiger partial charge in [-0.25, -0.2) is 0 Å². The number of rotatable bonds is 12. The van der Waals surface area contributed by atoms with Crippen LogP contribution in [0.25, 0.3) is 0 Å². The van der Waals surface area contributed by atoms with E-state index in [1.165, 1.54) is 12.1 Å². The van der Waals surface area contributed by atoms with Gasteiger partial charge in [-0.2, -0.15) is 0 Å². The van der Waals surface area contributed by atoms with E-state index < -0.39 is 36.2 Å². The van der Waals surface area contributed by atoms with Crippen LogP contribution in [0, 0.1) is 22.7 Å². The SMILES string of the molecule is CC(C)C(C)C(=O)OC(C)[C@H](C)OC(=O)[C@@H](N)Cc1ccc(OC(=O)CC(C)(C)C)c(OC(=O)CC(C)(C)C)c1. The maximum absolute atomic E-state index is 12.7. The minimum absolute atomic E-state index is 0.0720. The smallest absolute Gasteiger partial charge is 0.323 e. The molecule has 0 fully saturated rings. The number of esters is 4. The molecular weight excluding hydrogens is 514 g/mol. The van der Waals surface area contributed by atoms with Crippen LogP contribution in [0.1, 0.15) is 94.6 Å². The standard InChI is InChI=1S/C31H49NO8/c1-18(2)19(3)28(35)37-20(4)21(5)38-29(36)23(32)14-22-12-13-24(39-26(33)16-30(6,7)8)25(15-22)40-27(34)17-31(9,10)11/h12-13,15,18-21,23H,14,16-17,32H2,1-11H3/t19?,20?,21-,23-/m0/s1. The molecule has 0 spiro atoms. The van der Waals surface area contributed by atoms with E-state index in [1.54, 1.807) is 26.8 Å². The van der Waals surface area contributed by atoms with Crippen molar-refractivity contribution in [2.45, 2.75) is 114 Å². The highest BCUT2D eigenvalue weighted by molar-refractivity contribution is 5.78. The van der Waals surface area contributed by atoms with E-state index in [0.717, 1.165) is 0 Å². The van der Waals surface area contributed by atoms with Crippen molar-refractivity contribution in [3.63, 3.8) is 0 Å². The van der Waals surface area contributed by atoms with Crippen LogP contribution in [0.4, 0.5) is 0 Å². The van der Waals surface area contributed by atoms with Crippen LogP contribution >= 0.6 is 0 Å². The largest absolute Gasteiger partial charge is 0.459 e. The molecular formula is C31H49NO8. The molecule has 1 rings (SSSR count). The third kappa shape index (κ3) is 12.9. The Morgan fingerprint density at radius 3 is 1.62 bits per heavy atom. The molecule has 0 saturated heterocycles. The maximum Gasteiger partial charge on any atom is 0.323 e. The zero-order valence-electron chi connectivity index (χ0n) is 26.1. The number of hydrogen-bond donors (Lipinski definition) is 1. The van der Waals surface area contributed by atoms with Gasteiger partial charge in [0.25, 0.3) is 0 Å². The Labute approximate surface area is 239 Å². The normalized spacial score (nSPS) is 15.0. The molecule has 0 saturated carbocycles. The summed E-state index contributed by atoms with van der Waals surface area (Å²) in [6, 6.07) is 3.67. The Kier molecular flexibility index (Phi) is 12.8.